The topological polar surface area (TPSA) is 75.4 Å². The number of hydrogen-bond acceptors (Lipinski definition) is 3. The lowest BCUT2D eigenvalue weighted by Crippen LogP contribution is -2.42. The number of carboxylic acids is 1. The second-order valence-electron chi connectivity index (χ2n) is 5.00. The number of rotatable bonds is 3. The first-order chi connectivity index (χ1) is 9.45. The van der Waals surface area contributed by atoms with Crippen LogP contribution < -0.4 is 0 Å². The first-order valence-electron chi connectivity index (χ1n) is 6.70. The molecule has 1 aromatic rings. The Labute approximate surface area is 122 Å². The summed E-state index contributed by atoms with van der Waals surface area (Å²) in [4.78, 5) is 25.2. The van der Waals surface area contributed by atoms with Gasteiger partial charge in [0, 0.05) is 19.6 Å². The maximum atomic E-state index is 12.5. The van der Waals surface area contributed by atoms with Crippen LogP contribution in [0, 0.1) is 12.8 Å². The molecule has 1 aliphatic rings. The number of aryl methyl sites for hydroxylation is 2. The van der Waals surface area contributed by atoms with E-state index >= 15 is 0 Å². The van der Waals surface area contributed by atoms with E-state index in [4.69, 9.17) is 16.7 Å². The molecule has 1 aromatic heterocycles. The van der Waals surface area contributed by atoms with E-state index in [1.165, 1.54) is 0 Å². The Kier molecular flexibility index (Phi) is 4.32. The molecular weight excluding hydrogens is 282 g/mol. The summed E-state index contributed by atoms with van der Waals surface area (Å²) in [6.07, 6.45) is 1.31. The minimum absolute atomic E-state index is 0.224. The number of amides is 1. The molecule has 0 radical (unpaired) electrons. The molecule has 0 bridgehead atoms. The van der Waals surface area contributed by atoms with Crippen molar-refractivity contribution in [3.05, 3.63) is 16.4 Å². The standard InChI is InChI=1S/C13H18ClN3O3/c1-3-17-11(14)10(8(2)15-17)12(18)16-6-4-5-9(7-16)13(19)20/h9H,3-7H2,1-2H3,(H,19,20)/t9-/m0/s1. The molecule has 110 valence electrons. The highest BCUT2D eigenvalue weighted by Gasteiger charge is 2.31. The van der Waals surface area contributed by atoms with Crippen molar-refractivity contribution in [1.29, 1.82) is 0 Å². The monoisotopic (exact) mass is 299 g/mol. The Morgan fingerprint density at radius 2 is 2.20 bits per heavy atom. The molecule has 1 atom stereocenters. The lowest BCUT2D eigenvalue weighted by Gasteiger charge is -2.30. The SMILES string of the molecule is CCn1nc(C)c(C(=O)N2CCC[C@H](C(=O)O)C2)c1Cl. The summed E-state index contributed by atoms with van der Waals surface area (Å²) >= 11 is 6.18. The van der Waals surface area contributed by atoms with Crippen molar-refractivity contribution in [1.82, 2.24) is 14.7 Å². The Morgan fingerprint density at radius 1 is 1.50 bits per heavy atom. The molecule has 1 aliphatic heterocycles. The molecule has 20 heavy (non-hydrogen) atoms. The second kappa shape index (κ2) is 5.83. The van der Waals surface area contributed by atoms with Gasteiger partial charge in [-0.25, -0.2) is 0 Å². The molecule has 0 aromatic carbocycles. The van der Waals surface area contributed by atoms with Gasteiger partial charge in [-0.05, 0) is 26.7 Å². The zero-order valence-corrected chi connectivity index (χ0v) is 12.4. The molecule has 2 heterocycles. The van der Waals surface area contributed by atoms with Gasteiger partial charge in [-0.1, -0.05) is 11.6 Å². The van der Waals surface area contributed by atoms with Crippen molar-refractivity contribution in [2.75, 3.05) is 13.1 Å². The van der Waals surface area contributed by atoms with Gasteiger partial charge in [0.15, 0.2) is 0 Å². The molecule has 0 unspecified atom stereocenters. The average molecular weight is 300 g/mol. The maximum absolute atomic E-state index is 12.5. The number of aliphatic carboxylic acids is 1. The van der Waals surface area contributed by atoms with Crippen molar-refractivity contribution in [2.24, 2.45) is 5.92 Å². The predicted octanol–water partition coefficient (Wildman–Crippen LogP) is 1.80. The van der Waals surface area contributed by atoms with E-state index in [0.717, 1.165) is 0 Å². The maximum Gasteiger partial charge on any atom is 0.308 e. The van der Waals surface area contributed by atoms with E-state index in [1.807, 2.05) is 6.92 Å². The third kappa shape index (κ3) is 2.65. The van der Waals surface area contributed by atoms with Crippen LogP contribution in [0.25, 0.3) is 0 Å². The molecule has 1 amide bonds. The van der Waals surface area contributed by atoms with E-state index < -0.39 is 11.9 Å². The van der Waals surface area contributed by atoms with Crippen LogP contribution in [0.15, 0.2) is 0 Å². The van der Waals surface area contributed by atoms with Crippen molar-refractivity contribution in [3.63, 3.8) is 0 Å². The highest BCUT2D eigenvalue weighted by molar-refractivity contribution is 6.33. The molecule has 7 heteroatoms. The van der Waals surface area contributed by atoms with Gasteiger partial charge in [0.25, 0.3) is 5.91 Å². The number of carbonyl (C=O) groups is 2. The fraction of sp³-hybridized carbons (Fsp3) is 0.615. The van der Waals surface area contributed by atoms with Crippen molar-refractivity contribution in [3.8, 4) is 0 Å². The van der Waals surface area contributed by atoms with Gasteiger partial charge in [0.05, 0.1) is 17.2 Å². The first kappa shape index (κ1) is 14.8. The van der Waals surface area contributed by atoms with Crippen LogP contribution in [0.1, 0.15) is 35.8 Å². The normalized spacial score (nSPS) is 19.1. The number of aromatic nitrogens is 2. The Morgan fingerprint density at radius 3 is 2.75 bits per heavy atom. The van der Waals surface area contributed by atoms with Crippen LogP contribution in [-0.2, 0) is 11.3 Å². The molecule has 6 nitrogen and oxygen atoms in total. The Bertz CT molecular complexity index is 541. The summed E-state index contributed by atoms with van der Waals surface area (Å²) in [7, 11) is 0. The zero-order chi connectivity index (χ0) is 14.9. The quantitative estimate of drug-likeness (QED) is 0.923. The smallest absolute Gasteiger partial charge is 0.308 e. The van der Waals surface area contributed by atoms with Gasteiger partial charge < -0.3 is 10.0 Å². The number of halogens is 1. The molecule has 1 fully saturated rings. The van der Waals surface area contributed by atoms with Crippen LogP contribution in [0.2, 0.25) is 5.15 Å². The van der Waals surface area contributed by atoms with E-state index in [0.29, 0.717) is 42.3 Å². The summed E-state index contributed by atoms with van der Waals surface area (Å²) in [5.41, 5.74) is 0.971. The number of hydrogen-bond donors (Lipinski definition) is 1. The third-order valence-corrected chi connectivity index (χ3v) is 4.02. The Balaban J connectivity index is 2.23. The zero-order valence-electron chi connectivity index (χ0n) is 11.6. The number of nitrogens with zero attached hydrogens (tertiary/aromatic N) is 3. The molecule has 0 aliphatic carbocycles. The van der Waals surface area contributed by atoms with E-state index in [1.54, 1.807) is 16.5 Å². The minimum Gasteiger partial charge on any atom is -0.481 e. The molecule has 0 spiro atoms. The summed E-state index contributed by atoms with van der Waals surface area (Å²) in [6.45, 7) is 5.03. The van der Waals surface area contributed by atoms with Gasteiger partial charge in [-0.2, -0.15) is 5.10 Å². The van der Waals surface area contributed by atoms with Gasteiger partial charge in [0.1, 0.15) is 5.15 Å². The highest BCUT2D eigenvalue weighted by Crippen LogP contribution is 2.24. The lowest BCUT2D eigenvalue weighted by atomic mass is 9.98. The van der Waals surface area contributed by atoms with E-state index in [9.17, 15) is 9.59 Å². The van der Waals surface area contributed by atoms with Crippen molar-refractivity contribution < 1.29 is 14.7 Å². The van der Waals surface area contributed by atoms with Crippen LogP contribution in [0.5, 0.6) is 0 Å². The lowest BCUT2D eigenvalue weighted by molar-refractivity contribution is -0.143. The molecule has 1 saturated heterocycles. The largest absolute Gasteiger partial charge is 0.481 e. The van der Waals surface area contributed by atoms with Crippen LogP contribution >= 0.6 is 11.6 Å². The summed E-state index contributed by atoms with van der Waals surface area (Å²) in [5.74, 6) is -1.57. The number of piperidine rings is 1. The van der Waals surface area contributed by atoms with E-state index in [2.05, 4.69) is 5.10 Å². The fourth-order valence-corrected chi connectivity index (χ4v) is 2.90. The molecule has 1 N–H and O–H groups in total. The molecule has 0 saturated carbocycles. The number of carboxylic acid groups (broad SMARTS) is 1. The van der Waals surface area contributed by atoms with Gasteiger partial charge in [-0.3, -0.25) is 14.3 Å². The molecular formula is C13H18ClN3O3. The van der Waals surface area contributed by atoms with Crippen LogP contribution in [0.4, 0.5) is 0 Å². The number of carbonyl (C=O) groups excluding carboxylic acids is 1. The summed E-state index contributed by atoms with van der Waals surface area (Å²) in [6, 6.07) is 0. The summed E-state index contributed by atoms with van der Waals surface area (Å²) < 4.78 is 1.57. The van der Waals surface area contributed by atoms with Crippen LogP contribution in [0.3, 0.4) is 0 Å². The third-order valence-electron chi connectivity index (χ3n) is 3.64. The summed E-state index contributed by atoms with van der Waals surface area (Å²) in [5, 5.41) is 13.6. The molecule has 2 rings (SSSR count). The van der Waals surface area contributed by atoms with Gasteiger partial charge in [0.2, 0.25) is 0 Å². The fourth-order valence-electron chi connectivity index (χ4n) is 2.53. The van der Waals surface area contributed by atoms with Crippen LogP contribution in [-0.4, -0.2) is 44.8 Å². The van der Waals surface area contributed by atoms with Crippen molar-refractivity contribution >= 4 is 23.5 Å². The minimum atomic E-state index is -0.852. The van der Waals surface area contributed by atoms with Gasteiger partial charge >= 0.3 is 5.97 Å². The average Bonchev–Trinajstić information content (AvgIpc) is 2.72. The predicted molar refractivity (Wildman–Crippen MR) is 73.9 cm³/mol. The Hall–Kier alpha value is -1.56. The highest BCUT2D eigenvalue weighted by atomic mass is 35.5. The van der Waals surface area contributed by atoms with Crippen molar-refractivity contribution in [2.45, 2.75) is 33.2 Å². The first-order valence-corrected chi connectivity index (χ1v) is 7.08. The van der Waals surface area contributed by atoms with Gasteiger partial charge in [-0.15, -0.1) is 0 Å². The number of likely N-dealkylation sites (tertiary alicyclic amines) is 1. The second-order valence-corrected chi connectivity index (χ2v) is 5.35. The van der Waals surface area contributed by atoms with E-state index in [-0.39, 0.29) is 12.5 Å².